The zero-order valence-electron chi connectivity index (χ0n) is 16.9. The summed E-state index contributed by atoms with van der Waals surface area (Å²) in [5.41, 5.74) is 2.32. The number of carbonyl (C=O) groups is 1. The number of alkyl halides is 3. The Bertz CT molecular complexity index is 1300. The third-order valence-corrected chi connectivity index (χ3v) is 5.90. The standard InChI is InChI=1S/C20H16ClF3N6OS/c1-10-15(11(2)30-18(26-10)28-17(29-30)20(22,23)24)8-16(31)27-19-25-9-14(32-19)7-12-3-5-13(21)6-4-12/h3-6,9H,7-8H2,1-2H3,(H,25,27,31). The second-order valence-electron chi connectivity index (χ2n) is 7.07. The number of hydrogen-bond donors (Lipinski definition) is 1. The number of amides is 1. The largest absolute Gasteiger partial charge is 0.453 e. The molecule has 0 spiro atoms. The van der Waals surface area contributed by atoms with Gasteiger partial charge in [-0.3, -0.25) is 4.79 Å². The number of thiazole rings is 1. The Kier molecular flexibility index (Phi) is 5.87. The van der Waals surface area contributed by atoms with Gasteiger partial charge in [0.15, 0.2) is 5.13 Å². The second-order valence-corrected chi connectivity index (χ2v) is 8.62. The predicted molar refractivity (Wildman–Crippen MR) is 114 cm³/mol. The maximum Gasteiger partial charge on any atom is 0.453 e. The van der Waals surface area contributed by atoms with E-state index in [-0.39, 0.29) is 18.1 Å². The lowest BCUT2D eigenvalue weighted by Gasteiger charge is -2.09. The minimum absolute atomic E-state index is 0.0894. The third kappa shape index (κ3) is 4.73. The van der Waals surface area contributed by atoms with Crippen molar-refractivity contribution in [2.24, 2.45) is 0 Å². The number of rotatable bonds is 5. The number of halogens is 4. The lowest BCUT2D eigenvalue weighted by Crippen LogP contribution is -2.17. The Morgan fingerprint density at radius 1 is 1.19 bits per heavy atom. The lowest BCUT2D eigenvalue weighted by molar-refractivity contribution is -0.144. The molecule has 0 saturated carbocycles. The molecule has 0 fully saturated rings. The van der Waals surface area contributed by atoms with Crippen LogP contribution >= 0.6 is 22.9 Å². The van der Waals surface area contributed by atoms with Crippen LogP contribution < -0.4 is 5.32 Å². The molecule has 3 aromatic heterocycles. The summed E-state index contributed by atoms with van der Waals surface area (Å²) in [6.45, 7) is 3.19. The van der Waals surface area contributed by atoms with Gasteiger partial charge in [0.1, 0.15) is 0 Å². The molecule has 12 heteroatoms. The molecule has 0 aliphatic heterocycles. The molecule has 0 bridgehead atoms. The minimum atomic E-state index is -4.68. The fourth-order valence-corrected chi connectivity index (χ4v) is 4.15. The first kappa shape index (κ1) is 22.2. The van der Waals surface area contributed by atoms with Crippen LogP contribution in [0, 0.1) is 13.8 Å². The molecule has 1 N–H and O–H groups in total. The summed E-state index contributed by atoms with van der Waals surface area (Å²) >= 11 is 7.24. The number of aryl methyl sites for hydroxylation is 2. The maximum absolute atomic E-state index is 12.9. The normalized spacial score (nSPS) is 11.8. The summed E-state index contributed by atoms with van der Waals surface area (Å²) in [5, 5.41) is 7.32. The van der Waals surface area contributed by atoms with E-state index in [0.29, 0.717) is 33.5 Å². The summed E-state index contributed by atoms with van der Waals surface area (Å²) in [6, 6.07) is 7.46. The van der Waals surface area contributed by atoms with Crippen molar-refractivity contribution in [1.82, 2.24) is 24.6 Å². The molecule has 166 valence electrons. The van der Waals surface area contributed by atoms with Crippen molar-refractivity contribution in [2.75, 3.05) is 5.32 Å². The van der Waals surface area contributed by atoms with E-state index in [9.17, 15) is 18.0 Å². The smallest absolute Gasteiger partial charge is 0.302 e. The van der Waals surface area contributed by atoms with Gasteiger partial charge in [0.25, 0.3) is 11.6 Å². The zero-order valence-corrected chi connectivity index (χ0v) is 18.4. The Morgan fingerprint density at radius 3 is 2.59 bits per heavy atom. The average molecular weight is 481 g/mol. The Morgan fingerprint density at radius 2 is 1.91 bits per heavy atom. The second kappa shape index (κ2) is 8.47. The SMILES string of the molecule is Cc1nc2nc(C(F)(F)F)nn2c(C)c1CC(=O)Nc1ncc(Cc2ccc(Cl)cc2)s1. The van der Waals surface area contributed by atoms with Crippen molar-refractivity contribution >= 4 is 39.8 Å². The highest BCUT2D eigenvalue weighted by molar-refractivity contribution is 7.15. The topological polar surface area (TPSA) is 85.1 Å². The van der Waals surface area contributed by atoms with E-state index in [1.165, 1.54) is 11.3 Å². The van der Waals surface area contributed by atoms with Crippen LogP contribution in [0.25, 0.3) is 5.78 Å². The molecule has 0 unspecified atom stereocenters. The first-order chi connectivity index (χ1) is 15.1. The molecule has 4 aromatic rings. The van der Waals surface area contributed by atoms with Crippen LogP contribution in [-0.4, -0.2) is 30.5 Å². The van der Waals surface area contributed by atoms with Crippen molar-refractivity contribution in [3.63, 3.8) is 0 Å². The molecular formula is C20H16ClF3N6OS. The van der Waals surface area contributed by atoms with Crippen LogP contribution in [0.4, 0.5) is 18.3 Å². The number of nitrogens with zero attached hydrogens (tertiary/aromatic N) is 5. The highest BCUT2D eigenvalue weighted by Crippen LogP contribution is 2.27. The maximum atomic E-state index is 12.9. The molecule has 32 heavy (non-hydrogen) atoms. The van der Waals surface area contributed by atoms with E-state index in [2.05, 4.69) is 25.4 Å². The number of carbonyl (C=O) groups excluding carboxylic acids is 1. The Balaban J connectivity index is 1.48. The van der Waals surface area contributed by atoms with E-state index in [0.717, 1.165) is 15.0 Å². The van der Waals surface area contributed by atoms with E-state index in [4.69, 9.17) is 11.6 Å². The van der Waals surface area contributed by atoms with Gasteiger partial charge in [0, 0.05) is 39.5 Å². The summed E-state index contributed by atoms with van der Waals surface area (Å²) in [5.74, 6) is -1.80. The summed E-state index contributed by atoms with van der Waals surface area (Å²) < 4.78 is 39.8. The molecule has 0 aliphatic rings. The fourth-order valence-electron chi connectivity index (χ4n) is 3.16. The number of anilines is 1. The number of fused-ring (bicyclic) bond motifs is 1. The average Bonchev–Trinajstić information content (AvgIpc) is 3.34. The Hall–Kier alpha value is -3.05. The van der Waals surface area contributed by atoms with Crippen LogP contribution in [0.5, 0.6) is 0 Å². The highest BCUT2D eigenvalue weighted by atomic mass is 35.5. The number of hydrogen-bond acceptors (Lipinski definition) is 6. The molecule has 7 nitrogen and oxygen atoms in total. The quantitative estimate of drug-likeness (QED) is 0.449. The van der Waals surface area contributed by atoms with Crippen LogP contribution in [0.2, 0.25) is 5.02 Å². The van der Waals surface area contributed by atoms with E-state index < -0.39 is 12.0 Å². The van der Waals surface area contributed by atoms with Crippen molar-refractivity contribution in [3.8, 4) is 0 Å². The minimum Gasteiger partial charge on any atom is -0.302 e. The van der Waals surface area contributed by atoms with Crippen molar-refractivity contribution in [2.45, 2.75) is 32.9 Å². The molecule has 1 amide bonds. The summed E-state index contributed by atoms with van der Waals surface area (Å²) in [7, 11) is 0. The van der Waals surface area contributed by atoms with Gasteiger partial charge in [0.2, 0.25) is 5.91 Å². The first-order valence-electron chi connectivity index (χ1n) is 9.39. The van der Waals surface area contributed by atoms with E-state index in [1.807, 2.05) is 24.3 Å². The molecule has 4 rings (SSSR count). The van der Waals surface area contributed by atoms with Gasteiger partial charge in [-0.2, -0.15) is 18.2 Å². The molecule has 0 aliphatic carbocycles. The van der Waals surface area contributed by atoms with Gasteiger partial charge in [-0.05, 0) is 31.5 Å². The lowest BCUT2D eigenvalue weighted by atomic mass is 10.1. The fraction of sp³-hybridized carbons (Fsp3) is 0.250. The number of nitrogens with one attached hydrogen (secondary N) is 1. The molecule has 0 atom stereocenters. The van der Waals surface area contributed by atoms with Gasteiger partial charge >= 0.3 is 6.18 Å². The molecular weight excluding hydrogens is 465 g/mol. The van der Waals surface area contributed by atoms with Gasteiger partial charge in [-0.25, -0.2) is 14.5 Å². The van der Waals surface area contributed by atoms with E-state index >= 15 is 0 Å². The predicted octanol–water partition coefficient (Wildman–Crippen LogP) is 4.64. The molecule has 1 aromatic carbocycles. The summed E-state index contributed by atoms with van der Waals surface area (Å²) in [6.07, 6.45) is -2.43. The van der Waals surface area contributed by atoms with Gasteiger partial charge < -0.3 is 5.32 Å². The van der Waals surface area contributed by atoms with Crippen LogP contribution in [0.15, 0.2) is 30.5 Å². The summed E-state index contributed by atoms with van der Waals surface area (Å²) in [4.78, 5) is 25.3. The van der Waals surface area contributed by atoms with Gasteiger partial charge in [-0.15, -0.1) is 16.4 Å². The first-order valence-corrected chi connectivity index (χ1v) is 10.6. The highest BCUT2D eigenvalue weighted by Gasteiger charge is 2.37. The zero-order chi connectivity index (χ0) is 23.0. The molecule has 0 saturated heterocycles. The van der Waals surface area contributed by atoms with E-state index in [1.54, 1.807) is 20.0 Å². The van der Waals surface area contributed by atoms with Gasteiger partial charge in [-0.1, -0.05) is 23.7 Å². The number of aromatic nitrogens is 5. The van der Waals surface area contributed by atoms with Crippen LogP contribution in [0.3, 0.4) is 0 Å². The van der Waals surface area contributed by atoms with Crippen LogP contribution in [0.1, 0.15) is 33.2 Å². The van der Waals surface area contributed by atoms with Gasteiger partial charge in [0.05, 0.1) is 6.42 Å². The monoisotopic (exact) mass is 480 g/mol. The third-order valence-electron chi connectivity index (χ3n) is 4.73. The van der Waals surface area contributed by atoms with Crippen molar-refractivity contribution in [3.05, 3.63) is 68.7 Å². The van der Waals surface area contributed by atoms with Crippen molar-refractivity contribution in [1.29, 1.82) is 0 Å². The van der Waals surface area contributed by atoms with Crippen LogP contribution in [-0.2, 0) is 23.8 Å². The molecule has 0 radical (unpaired) electrons. The molecule has 3 heterocycles. The Labute approximate surface area is 189 Å². The van der Waals surface area contributed by atoms with Crippen molar-refractivity contribution < 1.29 is 18.0 Å². The number of benzene rings is 1.